The van der Waals surface area contributed by atoms with Gasteiger partial charge in [-0.25, -0.2) is 0 Å². The summed E-state index contributed by atoms with van der Waals surface area (Å²) in [6, 6.07) is 73.4. The van der Waals surface area contributed by atoms with Gasteiger partial charge in [0.15, 0.2) is 0 Å². The summed E-state index contributed by atoms with van der Waals surface area (Å²) in [5.74, 6) is 4.39. The van der Waals surface area contributed by atoms with Crippen molar-refractivity contribution in [2.24, 2.45) is 0 Å². The fraction of sp³-hybridized carbons (Fsp3) is 0.290. The molecule has 4 aliphatic rings. The van der Waals surface area contributed by atoms with Crippen LogP contribution in [-0.4, -0.2) is 380 Å². The molecule has 11 nitrogen and oxygen atoms in total. The fourth-order valence-corrected chi connectivity index (χ4v) is 21.3. The monoisotopic (exact) mass is 1970 g/mol. The van der Waals surface area contributed by atoms with Gasteiger partial charge in [0.05, 0.1) is 53.3 Å². The summed E-state index contributed by atoms with van der Waals surface area (Å²) in [5.41, 5.74) is 22.0. The number of hydrogen-bond donors (Lipinski definition) is 2. The Hall–Kier alpha value is -6.74. The first-order valence-corrected chi connectivity index (χ1v) is 51.3. The van der Waals surface area contributed by atoms with Crippen molar-refractivity contribution < 1.29 is 52.5 Å². The summed E-state index contributed by atoms with van der Waals surface area (Å²) in [7, 11) is 134. The number of hydrogen-bond acceptors (Lipinski definition) is 11. The molecule has 4 atom stereocenters. The van der Waals surface area contributed by atoms with Gasteiger partial charge in [-0.3, -0.25) is 0 Å². The molecule has 15 rings (SSSR count). The van der Waals surface area contributed by atoms with Gasteiger partial charge in [-0.05, 0) is 222 Å². The maximum atomic E-state index is 11.5. The lowest BCUT2D eigenvalue weighted by molar-refractivity contribution is 0.187. The van der Waals surface area contributed by atoms with Crippen LogP contribution in [0, 0.1) is 62.3 Å². The number of fused-ring (bicyclic) bond motifs is 2. The first kappa shape index (κ1) is 125. The third-order valence-electron chi connectivity index (χ3n) is 28.8. The number of halogens is 1. The zero-order chi connectivity index (χ0) is 109. The number of benzene rings is 11. The van der Waals surface area contributed by atoms with Crippen LogP contribution in [-0.2, 0) is 25.2 Å². The van der Waals surface area contributed by atoms with Crippen molar-refractivity contribution in [3.05, 3.63) is 278 Å². The van der Waals surface area contributed by atoms with Crippen LogP contribution in [0.2, 0.25) is 0 Å². The van der Waals surface area contributed by atoms with Gasteiger partial charge in [-0.15, -0.1) is 0 Å². The average Bonchev–Trinajstić information content (AvgIpc) is 1.53. The van der Waals surface area contributed by atoms with Crippen molar-refractivity contribution >= 4 is 347 Å². The molecular formula is C93H99B45BrO11. The number of para-hydroxylation sites is 4. The minimum atomic E-state index is -0.960. The Bertz CT molecular complexity index is 5920. The van der Waals surface area contributed by atoms with Gasteiger partial charge in [-0.2, -0.15) is 0 Å². The average molecular weight is 1960 g/mol. The Balaban J connectivity index is 0.000000200. The molecule has 2 aliphatic carbocycles. The summed E-state index contributed by atoms with van der Waals surface area (Å²) in [6.07, 6.45) is -12.0. The van der Waals surface area contributed by atoms with E-state index in [1.807, 2.05) is 140 Å². The molecule has 0 spiro atoms. The highest BCUT2D eigenvalue weighted by Gasteiger charge is 2.72. The van der Waals surface area contributed by atoms with Gasteiger partial charge in [0.2, 0.25) is 0 Å². The number of aryl methyl sites for hydroxylation is 9. The Morgan fingerprint density at radius 3 is 0.900 bits per heavy atom. The van der Waals surface area contributed by atoms with Crippen LogP contribution in [0.4, 0.5) is 0 Å². The highest BCUT2D eigenvalue weighted by molar-refractivity contribution is 9.10. The molecule has 0 amide bonds. The van der Waals surface area contributed by atoms with Gasteiger partial charge >= 0.3 is 14.2 Å². The number of aromatic hydroxyl groups is 2. The highest BCUT2D eigenvalue weighted by atomic mass is 79.9. The molecule has 11 aromatic carbocycles. The van der Waals surface area contributed by atoms with Crippen LogP contribution in [0.1, 0.15) is 116 Å². The lowest BCUT2D eigenvalue weighted by atomic mass is 8.35. The van der Waals surface area contributed by atoms with E-state index in [4.69, 9.17) is 220 Å². The first-order chi connectivity index (χ1) is 70.4. The van der Waals surface area contributed by atoms with E-state index in [-0.39, 0.29) is 55.6 Å². The van der Waals surface area contributed by atoms with E-state index >= 15 is 0 Å². The lowest BCUT2D eigenvalue weighted by Crippen LogP contribution is -2.85. The zero-order valence-electron chi connectivity index (χ0n) is 88.1. The van der Waals surface area contributed by atoms with E-state index in [1.54, 1.807) is 0 Å². The summed E-state index contributed by atoms with van der Waals surface area (Å²) in [4.78, 5) is 0. The molecule has 0 bridgehead atoms. The SMILES string of the molecule is C.CC12CC1(C)OB(c1ccccc1OCCCOc1ccccc1B1OC3(C)CC3(C)O1)O2.Cc1ccc(-c2cc(C)cc(-c3ccccc3OCCCOc3ccccc3-c3cc(C)cc(-c4ccc(C)cc4C)c3O)c2O)c(C)c1.Cc1ccc(-c2cc(C)cc(Br)c2OCc2ccccc2)c(C)c1.[B]B([B])B(B([B])[B])B(B([B])[B])B(B([B])[B])B([B])[B].[B][B]B(B([B])[B])B(B([B])[B])B(B(B([B])[B])B([B])[B])B(B([B])[B])B([B])[B]. The molecule has 57 heteroatoms. The molecule has 679 valence electrons. The Morgan fingerprint density at radius 2 is 0.580 bits per heavy atom. The quantitative estimate of drug-likeness (QED) is 0.0389. The minimum absolute atomic E-state index is 0. The topological polar surface area (TPSA) is 124 Å². The van der Waals surface area contributed by atoms with Crippen molar-refractivity contribution in [2.45, 2.75) is 152 Å². The summed E-state index contributed by atoms with van der Waals surface area (Å²) < 4.78 is 56.7. The molecule has 47 radical (unpaired) electrons. The van der Waals surface area contributed by atoms with Crippen LogP contribution in [0.15, 0.2) is 223 Å². The molecule has 2 N–H and O–H groups in total. The zero-order valence-corrected chi connectivity index (χ0v) is 89.7. The molecule has 4 unspecified atom stereocenters. The highest BCUT2D eigenvalue weighted by Crippen LogP contribution is 2.60. The van der Waals surface area contributed by atoms with Crippen molar-refractivity contribution in [1.29, 1.82) is 0 Å². The molecule has 0 aromatic heterocycles. The third kappa shape index (κ3) is 31.5. The van der Waals surface area contributed by atoms with E-state index < -0.39 is 121 Å². The first-order valence-electron chi connectivity index (χ1n) is 50.5. The number of phenols is 2. The second-order valence-corrected chi connectivity index (χ2v) is 41.9. The summed E-state index contributed by atoms with van der Waals surface area (Å²) in [6.45, 7) is 29.7. The Morgan fingerprint density at radius 1 is 0.300 bits per heavy atom. The minimum Gasteiger partial charge on any atom is -0.507 e. The van der Waals surface area contributed by atoms with E-state index in [0.717, 1.165) is 130 Å². The molecular weight excluding hydrogens is 1860 g/mol. The van der Waals surface area contributed by atoms with Crippen molar-refractivity contribution in [2.75, 3.05) is 26.4 Å². The van der Waals surface area contributed by atoms with Crippen LogP contribution in [0.25, 0.3) is 55.6 Å². The van der Waals surface area contributed by atoms with Crippen molar-refractivity contribution in [3.8, 4) is 95.9 Å². The molecule has 2 aliphatic heterocycles. The summed E-state index contributed by atoms with van der Waals surface area (Å²) >= 11 is 3.68. The molecule has 2 saturated carbocycles. The lowest BCUT2D eigenvalue weighted by Gasteiger charge is -2.47. The van der Waals surface area contributed by atoms with E-state index in [9.17, 15) is 10.2 Å². The van der Waals surface area contributed by atoms with Crippen LogP contribution >= 0.6 is 15.9 Å². The molecule has 2 saturated heterocycles. The second-order valence-electron chi connectivity index (χ2n) is 41.0. The predicted octanol–water partition coefficient (Wildman–Crippen LogP) is 5.21. The van der Waals surface area contributed by atoms with Gasteiger partial charge in [0.1, 0.15) is 46.9 Å². The standard InChI is InChI=1S/C45H44O4.C25H30B2O6.C22H21BrO.CH4.B25.B18/c1-28-16-18-34(32(5)22-28)38-24-30(3)26-40(44(38)46)36-12-7-9-14-42(36)48-20-11-21-49-43-15-10-8-13-37(43)41-27-31(4)25-39(45(41)47)35-19-17-29(2)23-33(35)6;1-22-16-23(22,2)31-26(30-22)18-10-5-7-12-20(18)28-14-9-15-29-21-13-8-6-11-19(21)27-32-24(3)17-25(24,4)33-27;1-15-9-10-19(17(3)11-15)20-12-16(2)13-21(23)22(20)24-14-18-7-5-4-6-8-18;;1-14-21(15(2)3)24(20(12)13)25(22(16(4)5)17(6)7)23(18(8)9)19(10)11;1-11(2)16(12(3)4)18(15(9)10)17(13(5)6)14(7)8/h7-10,12-19,22-27,46-47H,11,20-21H2,1-6H3;5-8,10-13H,9,14-17H2,1-4H3;4-13H,14H2,1-3H3;1H4;;. The third-order valence-corrected chi connectivity index (χ3v) is 29.4. The second kappa shape index (κ2) is 55.9. The van der Waals surface area contributed by atoms with Crippen molar-refractivity contribution in [3.63, 3.8) is 0 Å². The number of ether oxygens (including phenoxy) is 5. The normalized spacial score (nSPS) is 15.9. The van der Waals surface area contributed by atoms with E-state index in [1.165, 1.54) is 40.4 Å². The number of rotatable bonds is 40. The number of phenolic OH excluding ortho intramolecular Hbond substituents is 2. The van der Waals surface area contributed by atoms with Gasteiger partial charge in [0.25, 0.3) is 0 Å². The molecule has 11 aromatic rings. The Labute approximate surface area is 945 Å². The van der Waals surface area contributed by atoms with Crippen molar-refractivity contribution in [1.82, 2.24) is 0 Å². The van der Waals surface area contributed by atoms with Gasteiger partial charge in [-0.1, -0.05) is 182 Å². The van der Waals surface area contributed by atoms with E-state index in [2.05, 4.69) is 185 Å². The predicted molar refractivity (Wildman–Crippen MR) is 687 cm³/mol. The fourth-order valence-electron chi connectivity index (χ4n) is 20.6. The van der Waals surface area contributed by atoms with Crippen LogP contribution in [0.3, 0.4) is 0 Å². The Kier molecular flexibility index (Phi) is 46.6. The maximum Gasteiger partial charge on any atom is 0.498 e. The van der Waals surface area contributed by atoms with Crippen LogP contribution in [0.5, 0.6) is 40.2 Å². The molecule has 4 fully saturated rings. The van der Waals surface area contributed by atoms with E-state index in [0.29, 0.717) is 51.0 Å². The largest absolute Gasteiger partial charge is 0.507 e. The summed E-state index contributed by atoms with van der Waals surface area (Å²) in [5, 5.41) is 23.1. The molecule has 2 heterocycles. The maximum absolute atomic E-state index is 11.5. The van der Waals surface area contributed by atoms with Gasteiger partial charge < -0.3 is 52.5 Å². The van der Waals surface area contributed by atoms with Gasteiger partial charge in [0, 0.05) is 382 Å². The molecule has 150 heavy (non-hydrogen) atoms. The van der Waals surface area contributed by atoms with Crippen LogP contribution < -0.4 is 34.6 Å². The smallest absolute Gasteiger partial charge is 0.498 e.